The third-order valence-corrected chi connectivity index (χ3v) is 4.00. The molecule has 0 unspecified atom stereocenters. The molecule has 2 heterocycles. The van der Waals surface area contributed by atoms with Gasteiger partial charge in [0.05, 0.1) is 17.9 Å². The van der Waals surface area contributed by atoms with E-state index in [-0.39, 0.29) is 18.5 Å². The molecule has 0 N–H and O–H groups in total. The average Bonchev–Trinajstić information content (AvgIpc) is 3.04. The van der Waals surface area contributed by atoms with E-state index in [2.05, 4.69) is 72.0 Å². The van der Waals surface area contributed by atoms with Crippen molar-refractivity contribution in [1.82, 2.24) is 0 Å². The number of nitrogens with zero attached hydrogens (tertiary/aromatic N) is 2. The van der Waals surface area contributed by atoms with Crippen LogP contribution in [0.25, 0.3) is 0 Å². The Morgan fingerprint density at radius 2 is 1.78 bits per heavy atom. The Morgan fingerprint density at radius 3 is 2.43 bits per heavy atom. The summed E-state index contributed by atoms with van der Waals surface area (Å²) in [5.74, 6) is 0.947. The molecule has 3 nitrogen and oxygen atoms in total. The molecule has 1 aliphatic heterocycles. The number of anilines is 1. The summed E-state index contributed by atoms with van der Waals surface area (Å²) in [5, 5.41) is 0. The van der Waals surface area contributed by atoms with Crippen LogP contribution in [0.3, 0.4) is 0 Å². The van der Waals surface area contributed by atoms with E-state index in [1.807, 2.05) is 0 Å². The molecule has 1 aromatic heterocycles. The SMILES string of the molecule is CC(C)Oc1cc(N2CCCC2)cc[n+]1Cc1ccccc1.[Cl-]. The maximum atomic E-state index is 6.05. The third-order valence-electron chi connectivity index (χ3n) is 4.00. The van der Waals surface area contributed by atoms with E-state index in [9.17, 15) is 0 Å². The first-order valence-electron chi connectivity index (χ1n) is 8.21. The number of rotatable bonds is 5. The van der Waals surface area contributed by atoms with E-state index in [4.69, 9.17) is 4.74 Å². The molecule has 3 rings (SSSR count). The van der Waals surface area contributed by atoms with E-state index >= 15 is 0 Å². The Labute approximate surface area is 145 Å². The highest BCUT2D eigenvalue weighted by Crippen LogP contribution is 2.23. The van der Waals surface area contributed by atoms with Crippen LogP contribution in [0.5, 0.6) is 5.88 Å². The molecule has 1 saturated heterocycles. The van der Waals surface area contributed by atoms with Crippen molar-refractivity contribution in [1.29, 1.82) is 0 Å². The van der Waals surface area contributed by atoms with Crippen LogP contribution in [0.15, 0.2) is 48.7 Å². The lowest BCUT2D eigenvalue weighted by molar-refractivity contribution is -0.694. The van der Waals surface area contributed by atoms with Gasteiger partial charge in [0.1, 0.15) is 0 Å². The second-order valence-electron chi connectivity index (χ2n) is 6.20. The predicted octanol–water partition coefficient (Wildman–Crippen LogP) is 0.414. The van der Waals surface area contributed by atoms with Gasteiger partial charge < -0.3 is 22.0 Å². The highest BCUT2D eigenvalue weighted by molar-refractivity contribution is 5.47. The first kappa shape index (κ1) is 17.6. The number of ether oxygens (including phenoxy) is 1. The molecular weight excluding hydrogens is 308 g/mol. The van der Waals surface area contributed by atoms with Gasteiger partial charge in [-0.05, 0) is 26.7 Å². The minimum atomic E-state index is 0. The molecule has 23 heavy (non-hydrogen) atoms. The van der Waals surface area contributed by atoms with Crippen LogP contribution in [0.2, 0.25) is 0 Å². The molecule has 0 radical (unpaired) electrons. The summed E-state index contributed by atoms with van der Waals surface area (Å²) in [5.41, 5.74) is 2.56. The van der Waals surface area contributed by atoms with Gasteiger partial charge >= 0.3 is 5.88 Å². The van der Waals surface area contributed by atoms with Crippen molar-refractivity contribution in [3.63, 3.8) is 0 Å². The van der Waals surface area contributed by atoms with Crippen LogP contribution >= 0.6 is 0 Å². The number of aromatic nitrogens is 1. The second-order valence-corrected chi connectivity index (χ2v) is 6.20. The van der Waals surface area contributed by atoms with Gasteiger partial charge in [0.15, 0.2) is 12.7 Å². The summed E-state index contributed by atoms with van der Waals surface area (Å²) in [6.07, 6.45) is 4.91. The topological polar surface area (TPSA) is 16.4 Å². The minimum absolute atomic E-state index is 0. The van der Waals surface area contributed by atoms with Crippen molar-refractivity contribution >= 4 is 5.69 Å². The fourth-order valence-corrected chi connectivity index (χ4v) is 2.92. The Bertz CT molecular complexity index is 610. The highest BCUT2D eigenvalue weighted by Gasteiger charge is 2.19. The van der Waals surface area contributed by atoms with Gasteiger partial charge in [-0.1, -0.05) is 30.3 Å². The molecule has 4 heteroatoms. The Kier molecular flexibility index (Phi) is 6.28. The lowest BCUT2D eigenvalue weighted by Crippen LogP contribution is -3.00. The molecule has 1 aromatic carbocycles. The fourth-order valence-electron chi connectivity index (χ4n) is 2.92. The molecule has 1 fully saturated rings. The molecule has 0 aliphatic carbocycles. The number of pyridine rings is 1. The molecule has 0 saturated carbocycles. The number of hydrogen-bond donors (Lipinski definition) is 0. The highest BCUT2D eigenvalue weighted by atomic mass is 35.5. The van der Waals surface area contributed by atoms with Crippen molar-refractivity contribution in [3.05, 3.63) is 54.2 Å². The summed E-state index contributed by atoms with van der Waals surface area (Å²) in [6, 6.07) is 14.9. The summed E-state index contributed by atoms with van der Waals surface area (Å²) in [4.78, 5) is 2.44. The van der Waals surface area contributed by atoms with Gasteiger partial charge in [0.25, 0.3) is 0 Å². The van der Waals surface area contributed by atoms with Gasteiger partial charge in [-0.3, -0.25) is 0 Å². The van der Waals surface area contributed by atoms with Crippen LogP contribution in [-0.4, -0.2) is 19.2 Å². The van der Waals surface area contributed by atoms with Gasteiger partial charge in [0, 0.05) is 24.7 Å². The summed E-state index contributed by atoms with van der Waals surface area (Å²) in [7, 11) is 0. The van der Waals surface area contributed by atoms with E-state index < -0.39 is 0 Å². The molecule has 0 atom stereocenters. The van der Waals surface area contributed by atoms with Crippen LogP contribution in [0.1, 0.15) is 32.3 Å². The molecule has 1 aliphatic rings. The average molecular weight is 333 g/mol. The van der Waals surface area contributed by atoms with Crippen molar-refractivity contribution in [2.45, 2.75) is 39.3 Å². The van der Waals surface area contributed by atoms with Crippen LogP contribution in [0.4, 0.5) is 5.69 Å². The Morgan fingerprint density at radius 1 is 1.09 bits per heavy atom. The Hall–Kier alpha value is -1.74. The van der Waals surface area contributed by atoms with Gasteiger partial charge in [-0.25, -0.2) is 0 Å². The number of halogens is 1. The van der Waals surface area contributed by atoms with Crippen molar-refractivity contribution in [2.75, 3.05) is 18.0 Å². The normalized spacial score (nSPS) is 14.0. The zero-order chi connectivity index (χ0) is 15.4. The summed E-state index contributed by atoms with van der Waals surface area (Å²) >= 11 is 0. The number of benzene rings is 1. The molecular formula is C19H25ClN2O. The maximum Gasteiger partial charge on any atom is 0.370 e. The molecule has 0 bridgehead atoms. The molecule has 2 aromatic rings. The van der Waals surface area contributed by atoms with E-state index in [0.717, 1.165) is 25.5 Å². The van der Waals surface area contributed by atoms with Crippen LogP contribution in [-0.2, 0) is 6.54 Å². The van der Waals surface area contributed by atoms with Gasteiger partial charge in [-0.15, -0.1) is 0 Å². The lowest BCUT2D eigenvalue weighted by Gasteiger charge is -2.18. The minimum Gasteiger partial charge on any atom is -1.00 e. The third kappa shape index (κ3) is 4.61. The zero-order valence-corrected chi connectivity index (χ0v) is 14.7. The smallest absolute Gasteiger partial charge is 0.370 e. The van der Waals surface area contributed by atoms with Crippen molar-refractivity contribution < 1.29 is 21.7 Å². The zero-order valence-electron chi connectivity index (χ0n) is 13.9. The summed E-state index contributed by atoms with van der Waals surface area (Å²) in [6.45, 7) is 7.31. The van der Waals surface area contributed by atoms with E-state index in [1.165, 1.54) is 24.1 Å². The van der Waals surface area contributed by atoms with Crippen LogP contribution in [0, 0.1) is 0 Å². The standard InChI is InChI=1S/C19H25N2O.ClH/c1-16(2)22-19-14-18(20-11-6-7-12-20)10-13-21(19)15-17-8-4-3-5-9-17;/h3-5,8-10,13-14,16H,6-7,11-12,15H2,1-2H3;1H/q+1;/p-1. The van der Waals surface area contributed by atoms with Crippen molar-refractivity contribution in [3.8, 4) is 5.88 Å². The molecule has 0 spiro atoms. The predicted molar refractivity (Wildman–Crippen MR) is 89.4 cm³/mol. The van der Waals surface area contributed by atoms with Crippen molar-refractivity contribution in [2.24, 2.45) is 0 Å². The molecule has 0 amide bonds. The first-order chi connectivity index (χ1) is 10.7. The monoisotopic (exact) mass is 332 g/mol. The lowest BCUT2D eigenvalue weighted by atomic mass is 10.2. The van der Waals surface area contributed by atoms with Crippen LogP contribution < -0.4 is 26.6 Å². The fraction of sp³-hybridized carbons (Fsp3) is 0.421. The quantitative estimate of drug-likeness (QED) is 0.738. The number of hydrogen-bond acceptors (Lipinski definition) is 2. The summed E-state index contributed by atoms with van der Waals surface area (Å²) < 4.78 is 8.24. The largest absolute Gasteiger partial charge is 1.00 e. The molecule has 124 valence electrons. The first-order valence-corrected chi connectivity index (χ1v) is 8.21. The van der Waals surface area contributed by atoms with E-state index in [0.29, 0.717) is 0 Å². The Balaban J connectivity index is 0.00000192. The second kappa shape index (κ2) is 8.21. The maximum absolute atomic E-state index is 6.05. The van der Waals surface area contributed by atoms with E-state index in [1.54, 1.807) is 0 Å². The van der Waals surface area contributed by atoms with Gasteiger partial charge in [-0.2, -0.15) is 4.57 Å². The van der Waals surface area contributed by atoms with Gasteiger partial charge in [0.2, 0.25) is 0 Å².